The van der Waals surface area contributed by atoms with Gasteiger partial charge in [0.05, 0.1) is 17.7 Å². The smallest absolute Gasteiger partial charge is 0.373 e. The third kappa shape index (κ3) is 5.86. The number of benzene rings is 1. The second-order valence-electron chi connectivity index (χ2n) is 7.52. The number of hydrazone groups is 1. The van der Waals surface area contributed by atoms with Gasteiger partial charge < -0.3 is 25.7 Å². The Balaban J connectivity index is 1.98. The first-order valence-corrected chi connectivity index (χ1v) is 10.6. The number of carbonyl (C=O) groups excluding carboxylic acids is 2. The highest BCUT2D eigenvalue weighted by Gasteiger charge is 2.38. The molecule has 2 aromatic rings. The Kier molecular flexibility index (Phi) is 7.79. The number of nitro groups is 1. The summed E-state index contributed by atoms with van der Waals surface area (Å²) in [6.07, 6.45) is 3.63. The maximum atomic E-state index is 12.6. The van der Waals surface area contributed by atoms with Crippen molar-refractivity contribution in [2.75, 3.05) is 32.1 Å². The summed E-state index contributed by atoms with van der Waals surface area (Å²) in [6.45, 7) is 0.00485. The topological polar surface area (TPSA) is 169 Å². The zero-order chi connectivity index (χ0) is 24.8. The molecule has 1 atom stereocenters. The number of amides is 2. The lowest BCUT2D eigenvalue weighted by molar-refractivity contribution is -0.385. The molecule has 1 aromatic carbocycles. The van der Waals surface area contributed by atoms with Crippen LogP contribution in [-0.2, 0) is 9.59 Å². The van der Waals surface area contributed by atoms with Crippen molar-refractivity contribution >= 4 is 41.1 Å². The summed E-state index contributed by atoms with van der Waals surface area (Å²) in [4.78, 5) is 44.5. The second-order valence-corrected chi connectivity index (χ2v) is 7.96. The lowest BCUT2D eigenvalue weighted by atomic mass is 10.2. The molecule has 2 amide bonds. The van der Waals surface area contributed by atoms with Crippen molar-refractivity contribution in [1.82, 2.24) is 20.3 Å². The van der Waals surface area contributed by atoms with Crippen LogP contribution in [0.4, 0.5) is 11.5 Å². The van der Waals surface area contributed by atoms with Crippen LogP contribution in [0.15, 0.2) is 29.6 Å². The van der Waals surface area contributed by atoms with Gasteiger partial charge in [-0.25, -0.2) is 4.98 Å². The molecule has 14 heteroatoms. The molecule has 0 saturated carbocycles. The Morgan fingerprint density at radius 1 is 1.44 bits per heavy atom. The highest BCUT2D eigenvalue weighted by Crippen LogP contribution is 2.39. The van der Waals surface area contributed by atoms with Gasteiger partial charge in [0.15, 0.2) is 0 Å². The minimum absolute atomic E-state index is 0.0656. The molecule has 180 valence electrons. The Labute approximate surface area is 199 Å². The van der Waals surface area contributed by atoms with Crippen molar-refractivity contribution < 1.29 is 19.2 Å². The predicted octanol–water partition coefficient (Wildman–Crippen LogP) is 1.30. The van der Waals surface area contributed by atoms with E-state index in [1.807, 2.05) is 0 Å². The van der Waals surface area contributed by atoms with Gasteiger partial charge in [-0.15, -0.1) is 0 Å². The van der Waals surface area contributed by atoms with Crippen LogP contribution in [-0.4, -0.2) is 71.2 Å². The molecule has 1 fully saturated rings. The molecule has 0 aliphatic carbocycles. The summed E-state index contributed by atoms with van der Waals surface area (Å²) in [5, 5.41) is 20.6. The normalized spacial score (nSPS) is 15.4. The first-order chi connectivity index (χ1) is 16.2. The SMILES string of the molecule is CN(C)/N=C/c1cc(Cl)ccc1Oc1ncnc(N2CCCC2C(=O)NCC(N)=O)c1[N+](=O)[O-]. The highest BCUT2D eigenvalue weighted by molar-refractivity contribution is 6.30. The molecule has 1 aliphatic heterocycles. The molecule has 1 aliphatic rings. The van der Waals surface area contributed by atoms with Gasteiger partial charge in [0.25, 0.3) is 0 Å². The minimum Gasteiger partial charge on any atom is -0.433 e. The maximum absolute atomic E-state index is 12.6. The average molecular weight is 491 g/mol. The number of hydrogen-bond donors (Lipinski definition) is 2. The van der Waals surface area contributed by atoms with E-state index in [9.17, 15) is 19.7 Å². The van der Waals surface area contributed by atoms with E-state index >= 15 is 0 Å². The van der Waals surface area contributed by atoms with E-state index in [2.05, 4.69) is 20.4 Å². The van der Waals surface area contributed by atoms with Gasteiger partial charge in [0, 0.05) is 31.2 Å². The van der Waals surface area contributed by atoms with Crippen LogP contribution in [0, 0.1) is 10.1 Å². The monoisotopic (exact) mass is 490 g/mol. The summed E-state index contributed by atoms with van der Waals surface area (Å²) in [7, 11) is 3.46. The van der Waals surface area contributed by atoms with Crippen molar-refractivity contribution in [1.29, 1.82) is 0 Å². The van der Waals surface area contributed by atoms with Gasteiger partial charge in [-0.05, 0) is 31.0 Å². The van der Waals surface area contributed by atoms with E-state index in [-0.39, 0.29) is 24.0 Å². The average Bonchev–Trinajstić information content (AvgIpc) is 3.27. The van der Waals surface area contributed by atoms with Gasteiger partial charge in [0.1, 0.15) is 18.1 Å². The van der Waals surface area contributed by atoms with Crippen LogP contribution < -0.4 is 20.7 Å². The van der Waals surface area contributed by atoms with Crippen LogP contribution >= 0.6 is 11.6 Å². The summed E-state index contributed by atoms with van der Waals surface area (Å²) in [6, 6.07) is 3.94. The number of nitrogens with one attached hydrogen (secondary N) is 1. The quantitative estimate of drug-likeness (QED) is 0.298. The Morgan fingerprint density at radius 2 is 2.21 bits per heavy atom. The number of nitrogens with zero attached hydrogens (tertiary/aromatic N) is 6. The van der Waals surface area contributed by atoms with E-state index in [1.165, 1.54) is 11.1 Å². The third-order valence-corrected chi connectivity index (χ3v) is 5.06. The second kappa shape index (κ2) is 10.7. The molecular weight excluding hydrogens is 468 g/mol. The fourth-order valence-electron chi connectivity index (χ4n) is 3.38. The van der Waals surface area contributed by atoms with E-state index in [4.69, 9.17) is 22.1 Å². The standard InChI is InChI=1S/C20H23ClN8O5/c1-27(2)26-9-12-8-13(21)5-6-15(12)34-20-17(29(32)33)18(24-11-25-20)28-7-3-4-14(28)19(31)23-10-16(22)30/h5-6,8-9,11,14H,3-4,7,10H2,1-2H3,(H2,22,30)(H,23,31)/b26-9+. The Bertz CT molecular complexity index is 1130. The molecular formula is C20H23ClN8O5. The number of primary amides is 1. The number of rotatable bonds is 9. The molecule has 2 heterocycles. The summed E-state index contributed by atoms with van der Waals surface area (Å²) >= 11 is 6.08. The minimum atomic E-state index is -0.765. The van der Waals surface area contributed by atoms with Gasteiger partial charge in [-0.3, -0.25) is 19.7 Å². The zero-order valence-electron chi connectivity index (χ0n) is 18.5. The number of aromatic nitrogens is 2. The summed E-state index contributed by atoms with van der Waals surface area (Å²) < 4.78 is 5.81. The zero-order valence-corrected chi connectivity index (χ0v) is 19.2. The fraction of sp³-hybridized carbons (Fsp3) is 0.350. The van der Waals surface area contributed by atoms with Crippen LogP contribution in [0.1, 0.15) is 18.4 Å². The molecule has 1 saturated heterocycles. The Hall–Kier alpha value is -4.00. The molecule has 3 rings (SSSR count). The van der Waals surface area contributed by atoms with E-state index < -0.39 is 28.5 Å². The summed E-state index contributed by atoms with van der Waals surface area (Å²) in [5.41, 5.74) is 5.06. The van der Waals surface area contributed by atoms with Gasteiger partial charge in [-0.2, -0.15) is 10.1 Å². The largest absolute Gasteiger partial charge is 0.433 e. The molecule has 13 nitrogen and oxygen atoms in total. The van der Waals surface area contributed by atoms with Crippen LogP contribution in [0.25, 0.3) is 0 Å². The van der Waals surface area contributed by atoms with Gasteiger partial charge >= 0.3 is 11.6 Å². The number of nitrogens with two attached hydrogens (primary N) is 1. The van der Waals surface area contributed by atoms with Crippen molar-refractivity contribution in [3.8, 4) is 11.6 Å². The van der Waals surface area contributed by atoms with Gasteiger partial charge in [0.2, 0.25) is 17.6 Å². The lowest BCUT2D eigenvalue weighted by Crippen LogP contribution is -2.46. The number of anilines is 1. The molecule has 0 bridgehead atoms. The number of hydrogen-bond acceptors (Lipinski definition) is 10. The maximum Gasteiger partial charge on any atom is 0.373 e. The molecule has 0 spiro atoms. The highest BCUT2D eigenvalue weighted by atomic mass is 35.5. The van der Waals surface area contributed by atoms with E-state index in [0.29, 0.717) is 30.0 Å². The first kappa shape index (κ1) is 24.6. The lowest BCUT2D eigenvalue weighted by Gasteiger charge is -2.24. The number of carbonyl (C=O) groups is 2. The van der Waals surface area contributed by atoms with Crippen molar-refractivity contribution in [3.05, 3.63) is 45.2 Å². The molecule has 1 aromatic heterocycles. The first-order valence-electron chi connectivity index (χ1n) is 10.2. The number of ether oxygens (including phenoxy) is 1. The third-order valence-electron chi connectivity index (χ3n) is 4.82. The summed E-state index contributed by atoms with van der Waals surface area (Å²) in [5.74, 6) is -1.31. The molecule has 3 N–H and O–H groups in total. The van der Waals surface area contributed by atoms with Crippen LogP contribution in [0.5, 0.6) is 11.6 Å². The van der Waals surface area contributed by atoms with E-state index in [0.717, 1.165) is 6.33 Å². The molecule has 34 heavy (non-hydrogen) atoms. The predicted molar refractivity (Wildman–Crippen MR) is 124 cm³/mol. The molecule has 0 radical (unpaired) electrons. The van der Waals surface area contributed by atoms with Crippen molar-refractivity contribution in [2.24, 2.45) is 10.8 Å². The van der Waals surface area contributed by atoms with Crippen LogP contribution in [0.2, 0.25) is 5.02 Å². The van der Waals surface area contributed by atoms with Crippen molar-refractivity contribution in [3.63, 3.8) is 0 Å². The Morgan fingerprint density at radius 3 is 2.88 bits per heavy atom. The van der Waals surface area contributed by atoms with Crippen LogP contribution in [0.3, 0.4) is 0 Å². The van der Waals surface area contributed by atoms with Crippen molar-refractivity contribution in [2.45, 2.75) is 18.9 Å². The number of halogens is 1. The molecule has 1 unspecified atom stereocenters. The van der Waals surface area contributed by atoms with Gasteiger partial charge in [-0.1, -0.05) is 11.6 Å². The fourth-order valence-corrected chi connectivity index (χ4v) is 3.56. The van der Waals surface area contributed by atoms with E-state index in [1.54, 1.807) is 37.3 Å².